The van der Waals surface area contributed by atoms with Crippen molar-refractivity contribution in [2.75, 3.05) is 10.6 Å². The Labute approximate surface area is 190 Å². The molecule has 2 aromatic heterocycles. The molecule has 0 spiro atoms. The summed E-state index contributed by atoms with van der Waals surface area (Å²) in [6.07, 6.45) is 3.06. The number of nitrogens with one attached hydrogen (secondary N) is 2. The first-order chi connectivity index (χ1) is 15.0. The summed E-state index contributed by atoms with van der Waals surface area (Å²) in [5, 5.41) is 28.4. The predicted octanol–water partition coefficient (Wildman–Crippen LogP) is 4.28. The molecular weight excluding hydrogens is 430 g/mol. The van der Waals surface area contributed by atoms with Gasteiger partial charge in [0.05, 0.1) is 24.3 Å². The second-order valence-electron chi connectivity index (χ2n) is 8.08. The van der Waals surface area contributed by atoms with Crippen molar-refractivity contribution in [2.24, 2.45) is 0 Å². The maximum Gasteiger partial charge on any atom is 0.191 e. The number of rotatable bonds is 8. The molecule has 0 aliphatic heterocycles. The van der Waals surface area contributed by atoms with E-state index in [0.717, 1.165) is 41.3 Å². The third-order valence-electron chi connectivity index (χ3n) is 5.57. The Kier molecular flexibility index (Phi) is 7.27. The summed E-state index contributed by atoms with van der Waals surface area (Å²) >= 11 is 3.05. The lowest BCUT2D eigenvalue weighted by Gasteiger charge is -2.27. The van der Waals surface area contributed by atoms with Crippen LogP contribution in [-0.4, -0.2) is 49.5 Å². The molecule has 2 unspecified atom stereocenters. The standard InChI is InChI=1S/C22H29N5O2S2/c1-13(14(2)28)23-19-18-20(26-21(25-19)30-12-15-8-4-3-5-9-15)27-22(31-18)24-16-10-6-7-11-17(16)29/h3-5,8-9,13-14,16-17,28-29H,6-7,10-12H2,1-2H3,(H2,23,24,25,26,27)/t13?,14?,16-,17-/m0/s1. The average Bonchev–Trinajstić information content (AvgIpc) is 3.17. The van der Waals surface area contributed by atoms with Crippen LogP contribution in [0.5, 0.6) is 0 Å². The summed E-state index contributed by atoms with van der Waals surface area (Å²) in [6.45, 7) is 3.68. The molecule has 0 saturated heterocycles. The van der Waals surface area contributed by atoms with Crippen molar-refractivity contribution in [3.05, 3.63) is 35.9 Å². The number of aliphatic hydroxyl groups excluding tert-OH is 2. The highest BCUT2D eigenvalue weighted by molar-refractivity contribution is 7.98. The molecule has 7 nitrogen and oxygen atoms in total. The van der Waals surface area contributed by atoms with Crippen LogP contribution in [0.3, 0.4) is 0 Å². The maximum atomic E-state index is 10.3. The van der Waals surface area contributed by atoms with Crippen molar-refractivity contribution in [1.82, 2.24) is 15.0 Å². The van der Waals surface area contributed by atoms with Crippen molar-refractivity contribution in [3.63, 3.8) is 0 Å². The van der Waals surface area contributed by atoms with E-state index >= 15 is 0 Å². The fraction of sp³-hybridized carbons (Fsp3) is 0.500. The van der Waals surface area contributed by atoms with E-state index < -0.39 is 6.10 Å². The van der Waals surface area contributed by atoms with Gasteiger partial charge in [-0.25, -0.2) is 9.97 Å². The molecule has 1 aromatic carbocycles. The smallest absolute Gasteiger partial charge is 0.191 e. The quantitative estimate of drug-likeness (QED) is 0.292. The Balaban J connectivity index is 1.60. The second kappa shape index (κ2) is 10.1. The van der Waals surface area contributed by atoms with Gasteiger partial charge in [-0.1, -0.05) is 66.3 Å². The lowest BCUT2D eigenvalue weighted by Crippen LogP contribution is -2.36. The lowest BCUT2D eigenvalue weighted by molar-refractivity contribution is 0.116. The molecule has 166 valence electrons. The van der Waals surface area contributed by atoms with Crippen LogP contribution in [0.1, 0.15) is 45.1 Å². The number of benzene rings is 1. The van der Waals surface area contributed by atoms with Crippen molar-refractivity contribution in [3.8, 4) is 0 Å². The van der Waals surface area contributed by atoms with Gasteiger partial charge in [0, 0.05) is 5.75 Å². The van der Waals surface area contributed by atoms with Crippen molar-refractivity contribution >= 4 is 44.4 Å². The lowest BCUT2D eigenvalue weighted by atomic mass is 9.93. The molecule has 0 radical (unpaired) electrons. The van der Waals surface area contributed by atoms with Gasteiger partial charge in [-0.2, -0.15) is 4.98 Å². The number of anilines is 2. The van der Waals surface area contributed by atoms with Crippen LogP contribution in [0.25, 0.3) is 10.3 Å². The first kappa shape index (κ1) is 22.3. The molecule has 4 atom stereocenters. The van der Waals surface area contributed by atoms with Gasteiger partial charge in [0.15, 0.2) is 21.8 Å². The number of fused-ring (bicyclic) bond motifs is 1. The summed E-state index contributed by atoms with van der Waals surface area (Å²) in [4.78, 5) is 14.1. The van der Waals surface area contributed by atoms with E-state index in [-0.39, 0.29) is 18.2 Å². The van der Waals surface area contributed by atoms with Crippen LogP contribution in [0.15, 0.2) is 35.5 Å². The van der Waals surface area contributed by atoms with Crippen LogP contribution in [0, 0.1) is 0 Å². The Bertz CT molecular complexity index is 998. The van der Waals surface area contributed by atoms with Gasteiger partial charge in [-0.05, 0) is 32.3 Å². The molecule has 1 saturated carbocycles. The Morgan fingerprint density at radius 2 is 1.90 bits per heavy atom. The topological polar surface area (TPSA) is 103 Å². The highest BCUT2D eigenvalue weighted by Gasteiger charge is 2.25. The van der Waals surface area contributed by atoms with Crippen molar-refractivity contribution in [1.29, 1.82) is 0 Å². The monoisotopic (exact) mass is 459 g/mol. The van der Waals surface area contributed by atoms with Gasteiger partial charge in [0.2, 0.25) is 0 Å². The number of thioether (sulfide) groups is 1. The number of aromatic nitrogens is 3. The van der Waals surface area contributed by atoms with Crippen LogP contribution in [-0.2, 0) is 5.75 Å². The molecular formula is C22H29N5O2S2. The summed E-state index contributed by atoms with van der Waals surface area (Å²) in [7, 11) is 0. The van der Waals surface area contributed by atoms with Gasteiger partial charge in [-0.15, -0.1) is 0 Å². The zero-order valence-electron chi connectivity index (χ0n) is 17.8. The molecule has 4 rings (SSSR count). The van der Waals surface area contributed by atoms with Crippen LogP contribution < -0.4 is 10.6 Å². The number of hydrogen-bond acceptors (Lipinski definition) is 9. The number of nitrogens with zero attached hydrogens (tertiary/aromatic N) is 3. The Morgan fingerprint density at radius 3 is 2.65 bits per heavy atom. The van der Waals surface area contributed by atoms with E-state index in [9.17, 15) is 10.2 Å². The summed E-state index contributed by atoms with van der Waals surface area (Å²) < 4.78 is 0.851. The molecule has 1 fully saturated rings. The van der Waals surface area contributed by atoms with Crippen LogP contribution in [0.4, 0.5) is 10.9 Å². The molecule has 2 heterocycles. The Morgan fingerprint density at radius 1 is 1.13 bits per heavy atom. The van der Waals surface area contributed by atoms with E-state index in [0.29, 0.717) is 16.6 Å². The average molecular weight is 460 g/mol. The zero-order valence-corrected chi connectivity index (χ0v) is 19.4. The van der Waals surface area contributed by atoms with E-state index in [4.69, 9.17) is 9.97 Å². The first-order valence-corrected chi connectivity index (χ1v) is 12.5. The van der Waals surface area contributed by atoms with E-state index in [1.54, 1.807) is 18.7 Å². The molecule has 3 aromatic rings. The first-order valence-electron chi connectivity index (χ1n) is 10.7. The van der Waals surface area contributed by atoms with Gasteiger partial charge in [0.1, 0.15) is 4.70 Å². The van der Waals surface area contributed by atoms with Crippen molar-refractivity contribution in [2.45, 2.75) is 74.7 Å². The minimum Gasteiger partial charge on any atom is -0.391 e. The summed E-state index contributed by atoms with van der Waals surface area (Å²) in [5.74, 6) is 1.45. The summed E-state index contributed by atoms with van der Waals surface area (Å²) in [5.41, 5.74) is 1.83. The molecule has 0 bridgehead atoms. The minimum absolute atomic E-state index is 0.0157. The highest BCUT2D eigenvalue weighted by Crippen LogP contribution is 2.34. The number of hydrogen-bond donors (Lipinski definition) is 4. The highest BCUT2D eigenvalue weighted by atomic mass is 32.2. The predicted molar refractivity (Wildman–Crippen MR) is 128 cm³/mol. The molecule has 0 amide bonds. The third-order valence-corrected chi connectivity index (χ3v) is 7.47. The number of thiazole rings is 1. The largest absolute Gasteiger partial charge is 0.391 e. The molecule has 4 N–H and O–H groups in total. The Hall–Kier alpha value is -1.94. The normalized spacial score (nSPS) is 21.0. The van der Waals surface area contributed by atoms with Gasteiger partial charge < -0.3 is 20.8 Å². The van der Waals surface area contributed by atoms with Crippen LogP contribution >= 0.6 is 23.1 Å². The van der Waals surface area contributed by atoms with Gasteiger partial charge in [-0.3, -0.25) is 0 Å². The molecule has 1 aliphatic carbocycles. The van der Waals surface area contributed by atoms with Gasteiger partial charge >= 0.3 is 0 Å². The van der Waals surface area contributed by atoms with Crippen LogP contribution in [0.2, 0.25) is 0 Å². The third kappa shape index (κ3) is 5.65. The fourth-order valence-electron chi connectivity index (χ4n) is 3.52. The zero-order chi connectivity index (χ0) is 21.8. The van der Waals surface area contributed by atoms with E-state index in [2.05, 4.69) is 27.8 Å². The second-order valence-corrected chi connectivity index (χ2v) is 10.0. The maximum absolute atomic E-state index is 10.3. The van der Waals surface area contributed by atoms with Gasteiger partial charge in [0.25, 0.3) is 0 Å². The van der Waals surface area contributed by atoms with E-state index in [1.165, 1.54) is 16.9 Å². The fourth-order valence-corrected chi connectivity index (χ4v) is 5.24. The molecule has 1 aliphatic rings. The molecule has 31 heavy (non-hydrogen) atoms. The van der Waals surface area contributed by atoms with Crippen molar-refractivity contribution < 1.29 is 10.2 Å². The minimum atomic E-state index is -0.520. The van der Waals surface area contributed by atoms with E-state index in [1.807, 2.05) is 25.1 Å². The number of aliphatic hydroxyl groups is 2. The molecule has 9 heteroatoms. The summed E-state index contributed by atoms with van der Waals surface area (Å²) in [6, 6.07) is 10.1. The SMILES string of the molecule is CC(O)C(C)Nc1nc(SCc2ccccc2)nc2nc(N[C@H]3CCCC[C@@H]3O)sc12.